The van der Waals surface area contributed by atoms with Gasteiger partial charge in [0.2, 0.25) is 5.91 Å². The Hall–Kier alpha value is -2.86. The van der Waals surface area contributed by atoms with E-state index in [1.807, 2.05) is 29.0 Å². The highest BCUT2D eigenvalue weighted by Gasteiger charge is 2.57. The summed E-state index contributed by atoms with van der Waals surface area (Å²) in [4.78, 5) is 30.9. The van der Waals surface area contributed by atoms with Crippen molar-refractivity contribution in [3.8, 4) is 5.75 Å². The maximum absolute atomic E-state index is 14.6. The third kappa shape index (κ3) is 5.56. The van der Waals surface area contributed by atoms with Crippen LogP contribution in [0.15, 0.2) is 42.5 Å². The van der Waals surface area contributed by atoms with Gasteiger partial charge in [0.05, 0.1) is 23.7 Å². The normalized spacial score (nSPS) is 36.0. The van der Waals surface area contributed by atoms with E-state index in [0.29, 0.717) is 32.0 Å². The molecular formula is C35H48F2N6O3. The zero-order chi connectivity index (χ0) is 32.3. The van der Waals surface area contributed by atoms with Crippen molar-refractivity contribution < 1.29 is 23.5 Å². The lowest BCUT2D eigenvalue weighted by Crippen LogP contribution is -2.69. The van der Waals surface area contributed by atoms with Gasteiger partial charge in [-0.1, -0.05) is 24.6 Å². The van der Waals surface area contributed by atoms with Crippen LogP contribution < -0.4 is 21.1 Å². The number of amides is 1. The highest BCUT2D eigenvalue weighted by molar-refractivity contribution is 5.99. The number of allylic oxidation sites excluding steroid dienone is 3. The van der Waals surface area contributed by atoms with Gasteiger partial charge in [-0.15, -0.1) is 0 Å². The lowest BCUT2D eigenvalue weighted by Gasteiger charge is -2.49. The van der Waals surface area contributed by atoms with Gasteiger partial charge in [-0.3, -0.25) is 19.8 Å². The summed E-state index contributed by atoms with van der Waals surface area (Å²) in [5.41, 5.74) is 6.74. The number of nitrogens with zero attached hydrogens (tertiary/aromatic N) is 3. The van der Waals surface area contributed by atoms with Gasteiger partial charge in [0, 0.05) is 43.8 Å². The molecule has 2 aliphatic carbocycles. The minimum atomic E-state index is -2.88. The van der Waals surface area contributed by atoms with Crippen LogP contribution in [0.3, 0.4) is 0 Å². The SMILES string of the molecule is C=CC(=O)/C=C1\CCC2NN(c3ccc(C4CCC4)cc3O)C3CCN(C(=O)C4NCC(C(C)(F)F)C5NCN(C)C45)[C@@H](CC1)C23. The Balaban J connectivity index is 1.19. The van der Waals surface area contributed by atoms with Crippen molar-refractivity contribution in [1.82, 2.24) is 25.9 Å². The number of hydrazine groups is 1. The average Bonchev–Trinajstić information content (AvgIpc) is 3.56. The van der Waals surface area contributed by atoms with Crippen molar-refractivity contribution in [3.05, 3.63) is 48.1 Å². The second kappa shape index (κ2) is 12.3. The van der Waals surface area contributed by atoms with Crippen LogP contribution in [0.5, 0.6) is 5.75 Å². The fourth-order valence-corrected chi connectivity index (χ4v) is 9.36. The maximum Gasteiger partial charge on any atom is 0.250 e. The number of carbonyl (C=O) groups is 2. The molecule has 1 aromatic carbocycles. The van der Waals surface area contributed by atoms with E-state index in [0.717, 1.165) is 50.3 Å². The Bertz CT molecular complexity index is 1390. The van der Waals surface area contributed by atoms with Gasteiger partial charge >= 0.3 is 0 Å². The van der Waals surface area contributed by atoms with Crippen LogP contribution in [0, 0.1) is 11.8 Å². The fraction of sp³-hybridized carbons (Fsp3) is 0.657. The molecule has 250 valence electrons. The highest BCUT2D eigenvalue weighted by Crippen LogP contribution is 2.46. The Morgan fingerprint density at radius 2 is 1.87 bits per heavy atom. The molecule has 4 heterocycles. The smallest absolute Gasteiger partial charge is 0.250 e. The lowest BCUT2D eigenvalue weighted by atomic mass is 9.74. The standard InChI is InChI=1S/C35H48F2N6O3/c1-4-23(44)16-20-8-11-25-30-27(12-9-20)42(34(46)32-33-31(39-19-41(33)3)24(18-38-32)35(2,36)37)15-14-28(30)43(40-25)26-13-10-22(17-29(26)45)21-6-5-7-21/h4,10,13,16-17,21,24-25,27-28,30-33,38-40,45H,1,5-9,11-12,14-15,18-19H2,2-3H3/b20-16+/t24?,25?,27-,28?,30?,31?,32?,33?/m0/s1. The number of likely N-dealkylation sites (tertiary alicyclic amines) is 1. The van der Waals surface area contributed by atoms with Crippen molar-refractivity contribution in [1.29, 1.82) is 0 Å². The molecule has 46 heavy (non-hydrogen) atoms. The van der Waals surface area contributed by atoms with E-state index in [9.17, 15) is 23.5 Å². The van der Waals surface area contributed by atoms with E-state index in [1.165, 1.54) is 18.1 Å². The second-order valence-electron chi connectivity index (χ2n) is 14.6. The summed E-state index contributed by atoms with van der Waals surface area (Å²) in [5, 5.41) is 19.9. The molecule has 1 amide bonds. The Morgan fingerprint density at radius 1 is 1.09 bits per heavy atom. The monoisotopic (exact) mass is 638 g/mol. The molecule has 9 nitrogen and oxygen atoms in total. The molecule has 0 bridgehead atoms. The van der Waals surface area contributed by atoms with Crippen LogP contribution in [-0.4, -0.2) is 95.6 Å². The summed E-state index contributed by atoms with van der Waals surface area (Å²) in [6.07, 6.45) is 10.2. The number of phenolic OH excluding ortho intramolecular Hbond substituents is 1. The molecule has 8 atom stereocenters. The van der Waals surface area contributed by atoms with E-state index < -0.39 is 23.9 Å². The topological polar surface area (TPSA) is 100 Å². The number of ketones is 1. The van der Waals surface area contributed by atoms with E-state index >= 15 is 0 Å². The molecule has 7 unspecified atom stereocenters. The first-order valence-corrected chi connectivity index (χ1v) is 17.1. The third-order valence-corrected chi connectivity index (χ3v) is 12.0. The van der Waals surface area contributed by atoms with Crippen LogP contribution in [0.1, 0.15) is 69.8 Å². The number of nitrogens with one attached hydrogen (secondary N) is 3. The number of piperidine rings is 2. The number of anilines is 1. The van der Waals surface area contributed by atoms with Gasteiger partial charge in [-0.25, -0.2) is 14.2 Å². The van der Waals surface area contributed by atoms with Gasteiger partial charge in [0.25, 0.3) is 5.92 Å². The van der Waals surface area contributed by atoms with E-state index in [1.54, 1.807) is 6.08 Å². The van der Waals surface area contributed by atoms with Crippen molar-refractivity contribution in [2.24, 2.45) is 11.8 Å². The van der Waals surface area contributed by atoms with Crippen LogP contribution in [0.4, 0.5) is 14.5 Å². The number of hydrogen-bond donors (Lipinski definition) is 4. The van der Waals surface area contributed by atoms with Crippen LogP contribution in [-0.2, 0) is 9.59 Å². The molecule has 4 saturated heterocycles. The lowest BCUT2D eigenvalue weighted by molar-refractivity contribution is -0.144. The summed E-state index contributed by atoms with van der Waals surface area (Å²) in [6.45, 7) is 5.66. The summed E-state index contributed by atoms with van der Waals surface area (Å²) in [6, 6.07) is 4.61. The first-order chi connectivity index (χ1) is 22.0. The molecule has 2 saturated carbocycles. The first-order valence-electron chi connectivity index (χ1n) is 17.1. The van der Waals surface area contributed by atoms with Crippen molar-refractivity contribution in [2.45, 2.75) is 106 Å². The quantitative estimate of drug-likeness (QED) is 0.351. The molecule has 0 aromatic heterocycles. The van der Waals surface area contributed by atoms with Gasteiger partial charge in [0.15, 0.2) is 5.78 Å². The predicted octanol–water partition coefficient (Wildman–Crippen LogP) is 3.67. The molecule has 6 fully saturated rings. The largest absolute Gasteiger partial charge is 0.506 e. The number of hydrogen-bond acceptors (Lipinski definition) is 8. The van der Waals surface area contributed by atoms with Gasteiger partial charge in [-0.05, 0) is 94.7 Å². The first kappa shape index (κ1) is 31.7. The number of rotatable bonds is 6. The zero-order valence-corrected chi connectivity index (χ0v) is 26.9. The number of benzene rings is 1. The van der Waals surface area contributed by atoms with Crippen molar-refractivity contribution >= 4 is 17.4 Å². The van der Waals surface area contributed by atoms with Crippen LogP contribution in [0.25, 0.3) is 0 Å². The summed E-state index contributed by atoms with van der Waals surface area (Å²) >= 11 is 0. The van der Waals surface area contributed by atoms with E-state index in [-0.39, 0.29) is 54.1 Å². The molecule has 1 aromatic rings. The number of likely N-dealkylation sites (N-methyl/N-ethyl adjacent to an activating group) is 1. The Labute approximate surface area is 270 Å². The van der Waals surface area contributed by atoms with E-state index in [4.69, 9.17) is 0 Å². The van der Waals surface area contributed by atoms with Crippen LogP contribution >= 0.6 is 0 Å². The van der Waals surface area contributed by atoms with E-state index in [2.05, 4.69) is 33.7 Å². The summed E-state index contributed by atoms with van der Waals surface area (Å²) < 4.78 is 29.3. The minimum Gasteiger partial charge on any atom is -0.506 e. The van der Waals surface area contributed by atoms with Crippen molar-refractivity contribution in [3.63, 3.8) is 0 Å². The highest BCUT2D eigenvalue weighted by atomic mass is 19.3. The fourth-order valence-electron chi connectivity index (χ4n) is 9.36. The molecule has 7 rings (SSSR count). The second-order valence-corrected chi connectivity index (χ2v) is 14.6. The van der Waals surface area contributed by atoms with Gasteiger partial charge < -0.3 is 20.3 Å². The minimum absolute atomic E-state index is 0.0323. The molecular weight excluding hydrogens is 590 g/mol. The van der Waals surface area contributed by atoms with Crippen molar-refractivity contribution in [2.75, 3.05) is 31.8 Å². The number of fused-ring (bicyclic) bond motifs is 1. The average molecular weight is 639 g/mol. The Kier molecular flexibility index (Phi) is 8.48. The summed E-state index contributed by atoms with van der Waals surface area (Å²) in [5.74, 6) is -3.04. The third-order valence-electron chi connectivity index (χ3n) is 12.0. The maximum atomic E-state index is 14.6. The van der Waals surface area contributed by atoms with Crippen LogP contribution in [0.2, 0.25) is 0 Å². The van der Waals surface area contributed by atoms with Gasteiger partial charge in [0.1, 0.15) is 11.8 Å². The number of halogens is 2. The van der Waals surface area contributed by atoms with Gasteiger partial charge in [-0.2, -0.15) is 0 Å². The molecule has 6 aliphatic rings. The zero-order valence-electron chi connectivity index (χ0n) is 26.9. The molecule has 4 N–H and O–H groups in total. The molecule has 4 aliphatic heterocycles. The number of alkyl halides is 2. The molecule has 0 radical (unpaired) electrons. The molecule has 0 spiro atoms. The Morgan fingerprint density at radius 3 is 2.57 bits per heavy atom. The number of carbonyl (C=O) groups excluding carboxylic acids is 2. The number of phenols is 1. The summed E-state index contributed by atoms with van der Waals surface area (Å²) in [7, 11) is 1.89. The molecule has 11 heteroatoms. The number of aromatic hydroxyl groups is 1. The predicted molar refractivity (Wildman–Crippen MR) is 172 cm³/mol.